The lowest BCUT2D eigenvalue weighted by molar-refractivity contribution is 0.511. The van der Waals surface area contributed by atoms with Gasteiger partial charge in [0.15, 0.2) is 11.7 Å². The molecular formula is C13H21NO. The van der Waals surface area contributed by atoms with Crippen LogP contribution in [0.1, 0.15) is 57.4 Å². The molecule has 1 fully saturated rings. The Morgan fingerprint density at radius 2 is 1.93 bits per heavy atom. The zero-order valence-corrected chi connectivity index (χ0v) is 10.4. The van der Waals surface area contributed by atoms with Crippen molar-refractivity contribution in [3.05, 3.63) is 23.4 Å². The summed E-state index contributed by atoms with van der Waals surface area (Å²) in [6.07, 6.45) is 5.57. The van der Waals surface area contributed by atoms with Crippen molar-refractivity contribution in [1.82, 2.24) is 4.98 Å². The van der Waals surface area contributed by atoms with Crippen molar-refractivity contribution in [1.29, 1.82) is 0 Å². The van der Waals surface area contributed by atoms with Gasteiger partial charge in [0.25, 0.3) is 0 Å². The van der Waals surface area contributed by atoms with Gasteiger partial charge < -0.3 is 4.42 Å². The number of allylic oxidation sites excluding steroid dienone is 1. The van der Waals surface area contributed by atoms with Gasteiger partial charge in [0, 0.05) is 12.8 Å². The summed E-state index contributed by atoms with van der Waals surface area (Å²) in [5.74, 6) is 3.24. The molecule has 0 saturated heterocycles. The average Bonchev–Trinajstić information content (AvgIpc) is 2.99. The van der Waals surface area contributed by atoms with Crippen LogP contribution in [0.3, 0.4) is 0 Å². The molecular weight excluding hydrogens is 186 g/mol. The van der Waals surface area contributed by atoms with Gasteiger partial charge in [0.2, 0.25) is 0 Å². The molecule has 2 nitrogen and oxygen atoms in total. The lowest BCUT2D eigenvalue weighted by Crippen LogP contribution is -1.89. The molecule has 2 aliphatic carbocycles. The number of nitrogens with zero attached hydrogens (tertiary/aromatic N) is 1. The first kappa shape index (κ1) is 12.0. The van der Waals surface area contributed by atoms with E-state index in [1.807, 2.05) is 34.6 Å². The zero-order valence-electron chi connectivity index (χ0n) is 10.4. The second-order valence-electron chi connectivity index (χ2n) is 3.35. The van der Waals surface area contributed by atoms with E-state index in [9.17, 15) is 0 Å². The summed E-state index contributed by atoms with van der Waals surface area (Å²) in [6, 6.07) is 0. The Morgan fingerprint density at radius 3 is 2.60 bits per heavy atom. The van der Waals surface area contributed by atoms with Crippen LogP contribution < -0.4 is 0 Å². The van der Waals surface area contributed by atoms with Gasteiger partial charge in [0.05, 0.1) is 5.69 Å². The van der Waals surface area contributed by atoms with Crippen LogP contribution in [-0.4, -0.2) is 4.98 Å². The van der Waals surface area contributed by atoms with Crippen LogP contribution >= 0.6 is 0 Å². The van der Waals surface area contributed by atoms with Crippen LogP contribution in [0.15, 0.2) is 10.5 Å². The molecule has 1 aromatic rings. The first-order valence-corrected chi connectivity index (χ1v) is 6.00. The van der Waals surface area contributed by atoms with Crippen LogP contribution in [0.2, 0.25) is 0 Å². The molecule has 0 bridgehead atoms. The molecule has 1 heterocycles. The molecule has 0 spiro atoms. The van der Waals surface area contributed by atoms with Crippen molar-refractivity contribution in [2.75, 3.05) is 0 Å². The third-order valence-electron chi connectivity index (χ3n) is 2.47. The van der Waals surface area contributed by atoms with Crippen molar-refractivity contribution in [3.63, 3.8) is 0 Å². The molecule has 2 unspecified atom stereocenters. The van der Waals surface area contributed by atoms with Crippen molar-refractivity contribution in [2.24, 2.45) is 5.92 Å². The van der Waals surface area contributed by atoms with E-state index in [1.54, 1.807) is 0 Å². The number of fused-ring (bicyclic) bond motifs is 3. The average molecular weight is 207 g/mol. The maximum absolute atomic E-state index is 5.41. The van der Waals surface area contributed by atoms with Crippen molar-refractivity contribution >= 4 is 6.08 Å². The SMILES string of the molecule is CC.CC.Cc1nc2c(o1)C=CC1CC21. The molecule has 0 aromatic carbocycles. The first-order chi connectivity index (χ1) is 7.34. The summed E-state index contributed by atoms with van der Waals surface area (Å²) in [4.78, 5) is 4.36. The van der Waals surface area contributed by atoms with Gasteiger partial charge in [-0.25, -0.2) is 4.98 Å². The number of hydrogen-bond donors (Lipinski definition) is 0. The van der Waals surface area contributed by atoms with Gasteiger partial charge in [-0.05, 0) is 18.4 Å². The van der Waals surface area contributed by atoms with Gasteiger partial charge >= 0.3 is 0 Å². The fourth-order valence-corrected chi connectivity index (χ4v) is 1.80. The lowest BCUT2D eigenvalue weighted by atomic mass is 10.1. The minimum atomic E-state index is 0.687. The van der Waals surface area contributed by atoms with E-state index in [-0.39, 0.29) is 0 Å². The molecule has 0 N–H and O–H groups in total. The predicted molar refractivity (Wildman–Crippen MR) is 63.8 cm³/mol. The van der Waals surface area contributed by atoms with Crippen molar-refractivity contribution in [3.8, 4) is 0 Å². The van der Waals surface area contributed by atoms with Crippen LogP contribution in [0.25, 0.3) is 6.08 Å². The molecule has 0 radical (unpaired) electrons. The Labute approximate surface area is 92.4 Å². The fourth-order valence-electron chi connectivity index (χ4n) is 1.80. The lowest BCUT2D eigenvalue weighted by Gasteiger charge is -1.97. The molecule has 2 heteroatoms. The normalized spacial score (nSPS) is 23.8. The van der Waals surface area contributed by atoms with Gasteiger partial charge in [-0.2, -0.15) is 0 Å². The van der Waals surface area contributed by atoms with Crippen LogP contribution in [0.5, 0.6) is 0 Å². The molecule has 2 atom stereocenters. The Balaban J connectivity index is 0.000000255. The highest BCUT2D eigenvalue weighted by Crippen LogP contribution is 2.52. The second-order valence-corrected chi connectivity index (χ2v) is 3.35. The van der Waals surface area contributed by atoms with E-state index in [1.165, 1.54) is 12.1 Å². The summed E-state index contributed by atoms with van der Waals surface area (Å²) in [5, 5.41) is 0. The highest BCUT2D eigenvalue weighted by molar-refractivity contribution is 5.54. The molecule has 0 amide bonds. The van der Waals surface area contributed by atoms with E-state index < -0.39 is 0 Å². The van der Waals surface area contributed by atoms with E-state index in [2.05, 4.69) is 17.1 Å². The van der Waals surface area contributed by atoms with Crippen LogP contribution in [0.4, 0.5) is 0 Å². The molecule has 2 aliphatic rings. The summed E-state index contributed by atoms with van der Waals surface area (Å²) in [6.45, 7) is 9.91. The summed E-state index contributed by atoms with van der Waals surface area (Å²) >= 11 is 0. The molecule has 0 aliphatic heterocycles. The minimum Gasteiger partial charge on any atom is -0.441 e. The standard InChI is InChI=1S/C9H9NO.2C2H6/c1-5-10-9-7-4-6(7)2-3-8(9)11-5;2*1-2/h2-3,6-7H,4H2,1H3;2*1-2H3. The smallest absolute Gasteiger partial charge is 0.192 e. The summed E-state index contributed by atoms with van der Waals surface area (Å²) < 4.78 is 5.41. The van der Waals surface area contributed by atoms with E-state index in [0.717, 1.165) is 17.6 Å². The molecule has 1 saturated carbocycles. The predicted octanol–water partition coefficient (Wildman–Crippen LogP) is 4.17. The molecule has 1 aromatic heterocycles. The summed E-state index contributed by atoms with van der Waals surface area (Å²) in [5.41, 5.74) is 1.19. The quantitative estimate of drug-likeness (QED) is 0.638. The Hall–Kier alpha value is -1.05. The van der Waals surface area contributed by atoms with Gasteiger partial charge in [0.1, 0.15) is 0 Å². The maximum Gasteiger partial charge on any atom is 0.192 e. The Morgan fingerprint density at radius 1 is 1.27 bits per heavy atom. The van der Waals surface area contributed by atoms with Crippen LogP contribution in [-0.2, 0) is 0 Å². The van der Waals surface area contributed by atoms with Gasteiger partial charge in [-0.3, -0.25) is 0 Å². The van der Waals surface area contributed by atoms with E-state index in [4.69, 9.17) is 4.42 Å². The molecule has 3 rings (SSSR count). The number of oxazole rings is 1. The second kappa shape index (κ2) is 5.15. The number of hydrogen-bond acceptors (Lipinski definition) is 2. The largest absolute Gasteiger partial charge is 0.441 e. The third kappa shape index (κ3) is 2.31. The highest BCUT2D eigenvalue weighted by Gasteiger charge is 2.42. The fraction of sp³-hybridized carbons (Fsp3) is 0.615. The van der Waals surface area contributed by atoms with Crippen LogP contribution in [0, 0.1) is 12.8 Å². The molecule has 84 valence electrons. The molecule has 15 heavy (non-hydrogen) atoms. The zero-order chi connectivity index (χ0) is 11.4. The Kier molecular flexibility index (Phi) is 4.13. The number of aryl methyl sites for hydroxylation is 1. The van der Waals surface area contributed by atoms with E-state index >= 15 is 0 Å². The van der Waals surface area contributed by atoms with Crippen molar-refractivity contribution < 1.29 is 4.42 Å². The topological polar surface area (TPSA) is 26.0 Å². The van der Waals surface area contributed by atoms with Gasteiger partial charge in [-0.1, -0.05) is 33.8 Å². The first-order valence-electron chi connectivity index (χ1n) is 6.00. The van der Waals surface area contributed by atoms with Crippen molar-refractivity contribution in [2.45, 2.75) is 47.0 Å². The number of aromatic nitrogens is 1. The monoisotopic (exact) mass is 207 g/mol. The highest BCUT2D eigenvalue weighted by atomic mass is 16.4. The minimum absolute atomic E-state index is 0.687. The maximum atomic E-state index is 5.41. The summed E-state index contributed by atoms with van der Waals surface area (Å²) in [7, 11) is 0. The third-order valence-corrected chi connectivity index (χ3v) is 2.47. The Bertz CT molecular complexity index is 338. The van der Waals surface area contributed by atoms with E-state index in [0.29, 0.717) is 5.92 Å². The number of rotatable bonds is 0. The van der Waals surface area contributed by atoms with Gasteiger partial charge in [-0.15, -0.1) is 0 Å².